The minimum Gasteiger partial charge on any atom is -0.447 e. The van der Waals surface area contributed by atoms with E-state index < -0.39 is 11.5 Å². The van der Waals surface area contributed by atoms with Gasteiger partial charge in [0, 0.05) is 18.7 Å². The molecular formula is C5H8Cl2O3. The summed E-state index contributed by atoms with van der Waals surface area (Å²) in [5, 5.41) is 0. The van der Waals surface area contributed by atoms with Gasteiger partial charge in [0.1, 0.15) is 6.10 Å². The first-order chi connectivity index (χ1) is 4.70. The molecule has 60 valence electrons. The molecule has 0 bridgehead atoms. The second-order valence-corrected chi connectivity index (χ2v) is 2.20. The molecule has 3 nitrogen and oxygen atoms in total. The Kier molecular flexibility index (Phi) is 5.78. The van der Waals surface area contributed by atoms with Crippen molar-refractivity contribution in [2.75, 3.05) is 19.6 Å². The SMILES string of the molecule is COCC(CCl)OC(=O)Cl. The smallest absolute Gasteiger partial charge is 0.404 e. The zero-order chi connectivity index (χ0) is 7.98. The largest absolute Gasteiger partial charge is 0.447 e. The fourth-order valence-electron chi connectivity index (χ4n) is 0.427. The summed E-state index contributed by atoms with van der Waals surface area (Å²) >= 11 is 10.3. The molecule has 0 heterocycles. The van der Waals surface area contributed by atoms with E-state index in [1.54, 1.807) is 0 Å². The summed E-state index contributed by atoms with van der Waals surface area (Å²) in [4.78, 5) is 10.1. The van der Waals surface area contributed by atoms with Gasteiger partial charge in [-0.05, 0) is 0 Å². The van der Waals surface area contributed by atoms with Gasteiger partial charge in [-0.2, -0.15) is 0 Å². The highest BCUT2D eigenvalue weighted by Gasteiger charge is 2.10. The van der Waals surface area contributed by atoms with E-state index in [0.29, 0.717) is 0 Å². The Labute approximate surface area is 69.2 Å². The van der Waals surface area contributed by atoms with Crippen LogP contribution in [0.2, 0.25) is 0 Å². The first-order valence-electron chi connectivity index (χ1n) is 2.61. The topological polar surface area (TPSA) is 35.5 Å². The molecule has 0 saturated heterocycles. The quantitative estimate of drug-likeness (QED) is 0.495. The molecule has 0 aliphatic heterocycles. The Bertz CT molecular complexity index is 107. The van der Waals surface area contributed by atoms with Crippen molar-refractivity contribution < 1.29 is 14.3 Å². The molecule has 0 aromatic carbocycles. The lowest BCUT2D eigenvalue weighted by Crippen LogP contribution is -2.21. The number of carbonyl (C=O) groups is 1. The summed E-state index contributed by atoms with van der Waals surface area (Å²) in [7, 11) is 1.49. The van der Waals surface area contributed by atoms with Crippen molar-refractivity contribution in [1.82, 2.24) is 0 Å². The normalized spacial score (nSPS) is 12.7. The van der Waals surface area contributed by atoms with Crippen molar-refractivity contribution in [2.24, 2.45) is 0 Å². The number of hydrogen-bond donors (Lipinski definition) is 0. The molecule has 0 aromatic heterocycles. The highest BCUT2D eigenvalue weighted by atomic mass is 35.5. The van der Waals surface area contributed by atoms with Gasteiger partial charge in [-0.25, -0.2) is 4.79 Å². The van der Waals surface area contributed by atoms with Gasteiger partial charge in [-0.3, -0.25) is 0 Å². The van der Waals surface area contributed by atoms with Crippen molar-refractivity contribution in [2.45, 2.75) is 6.10 Å². The van der Waals surface area contributed by atoms with Crippen LogP contribution in [0.4, 0.5) is 4.79 Å². The van der Waals surface area contributed by atoms with Crippen molar-refractivity contribution in [1.29, 1.82) is 0 Å². The van der Waals surface area contributed by atoms with Crippen molar-refractivity contribution in [3.8, 4) is 0 Å². The second-order valence-electron chi connectivity index (χ2n) is 1.59. The van der Waals surface area contributed by atoms with Crippen molar-refractivity contribution in [3.05, 3.63) is 0 Å². The molecule has 0 aliphatic carbocycles. The van der Waals surface area contributed by atoms with Gasteiger partial charge in [-0.15, -0.1) is 11.6 Å². The molecule has 5 heteroatoms. The Hall–Kier alpha value is 0.01000. The highest BCUT2D eigenvalue weighted by molar-refractivity contribution is 6.61. The van der Waals surface area contributed by atoms with Crippen LogP contribution in [0.25, 0.3) is 0 Å². The molecule has 1 unspecified atom stereocenters. The molecule has 10 heavy (non-hydrogen) atoms. The summed E-state index contributed by atoms with van der Waals surface area (Å²) in [6, 6.07) is 0. The Morgan fingerprint density at radius 1 is 1.70 bits per heavy atom. The van der Waals surface area contributed by atoms with E-state index in [9.17, 15) is 4.79 Å². The predicted octanol–water partition coefficient (Wildman–Crippen LogP) is 1.62. The fraction of sp³-hybridized carbons (Fsp3) is 0.800. The molecule has 0 rings (SSSR count). The Balaban J connectivity index is 3.49. The molecule has 0 spiro atoms. The molecule has 0 aliphatic rings. The molecule has 0 radical (unpaired) electrons. The number of ether oxygens (including phenoxy) is 2. The lowest BCUT2D eigenvalue weighted by molar-refractivity contribution is 0.0639. The molecule has 0 amide bonds. The van der Waals surface area contributed by atoms with Crippen LogP contribution in [0.5, 0.6) is 0 Å². The first kappa shape index (κ1) is 10.0. The second kappa shape index (κ2) is 5.77. The zero-order valence-corrected chi connectivity index (χ0v) is 6.98. The van der Waals surface area contributed by atoms with Gasteiger partial charge < -0.3 is 9.47 Å². The van der Waals surface area contributed by atoms with Crippen molar-refractivity contribution in [3.63, 3.8) is 0 Å². The van der Waals surface area contributed by atoms with Crippen LogP contribution in [0.1, 0.15) is 0 Å². The monoisotopic (exact) mass is 186 g/mol. The standard InChI is InChI=1S/C5H8Cl2O3/c1-9-3-4(2-6)10-5(7)8/h4H,2-3H2,1H3. The van der Waals surface area contributed by atoms with Crippen LogP contribution >= 0.6 is 23.2 Å². The number of carbonyl (C=O) groups excluding carboxylic acids is 1. The van der Waals surface area contributed by atoms with E-state index in [1.165, 1.54) is 7.11 Å². The first-order valence-corrected chi connectivity index (χ1v) is 3.53. The lowest BCUT2D eigenvalue weighted by atomic mass is 10.4. The Morgan fingerprint density at radius 3 is 2.60 bits per heavy atom. The fourth-order valence-corrected chi connectivity index (χ4v) is 0.705. The van der Waals surface area contributed by atoms with E-state index >= 15 is 0 Å². The lowest BCUT2D eigenvalue weighted by Gasteiger charge is -2.10. The number of alkyl halides is 1. The van der Waals surface area contributed by atoms with Gasteiger partial charge in [0.25, 0.3) is 0 Å². The average Bonchev–Trinajstić information content (AvgIpc) is 1.86. The maximum atomic E-state index is 10.1. The van der Waals surface area contributed by atoms with E-state index in [-0.39, 0.29) is 12.5 Å². The average molecular weight is 187 g/mol. The van der Waals surface area contributed by atoms with Crippen LogP contribution in [-0.4, -0.2) is 31.1 Å². The molecule has 1 atom stereocenters. The number of halogens is 2. The van der Waals surface area contributed by atoms with Gasteiger partial charge in [0.2, 0.25) is 0 Å². The van der Waals surface area contributed by atoms with Gasteiger partial charge in [-0.1, -0.05) is 0 Å². The highest BCUT2D eigenvalue weighted by Crippen LogP contribution is 1.99. The molecule has 0 N–H and O–H groups in total. The third kappa shape index (κ3) is 4.85. The maximum absolute atomic E-state index is 10.1. The van der Waals surface area contributed by atoms with E-state index in [4.69, 9.17) is 23.2 Å². The van der Waals surface area contributed by atoms with Crippen LogP contribution in [0, 0.1) is 0 Å². The van der Waals surface area contributed by atoms with E-state index in [2.05, 4.69) is 9.47 Å². The van der Waals surface area contributed by atoms with Crippen LogP contribution in [-0.2, 0) is 9.47 Å². The number of rotatable bonds is 4. The van der Waals surface area contributed by atoms with E-state index in [0.717, 1.165) is 0 Å². The minimum atomic E-state index is -0.859. The molecule has 0 saturated carbocycles. The van der Waals surface area contributed by atoms with Gasteiger partial charge >= 0.3 is 5.43 Å². The Morgan fingerprint density at radius 2 is 2.30 bits per heavy atom. The molecule has 0 fully saturated rings. The van der Waals surface area contributed by atoms with E-state index in [1.807, 2.05) is 0 Å². The molecule has 0 aromatic rings. The van der Waals surface area contributed by atoms with Crippen LogP contribution < -0.4 is 0 Å². The van der Waals surface area contributed by atoms with Crippen molar-refractivity contribution >= 4 is 28.6 Å². The maximum Gasteiger partial charge on any atom is 0.404 e. The van der Waals surface area contributed by atoms with Gasteiger partial charge in [0.15, 0.2) is 0 Å². The van der Waals surface area contributed by atoms with Gasteiger partial charge in [0.05, 0.1) is 12.5 Å². The summed E-state index contributed by atoms with van der Waals surface area (Å²) in [5.74, 6) is 0.187. The third-order valence-electron chi connectivity index (χ3n) is 0.784. The van der Waals surface area contributed by atoms with Crippen LogP contribution in [0.15, 0.2) is 0 Å². The number of hydrogen-bond acceptors (Lipinski definition) is 3. The predicted molar refractivity (Wildman–Crippen MR) is 38.7 cm³/mol. The zero-order valence-electron chi connectivity index (χ0n) is 5.47. The molecular weight excluding hydrogens is 179 g/mol. The summed E-state index contributed by atoms with van der Waals surface area (Å²) in [5.41, 5.74) is -0.859. The summed E-state index contributed by atoms with van der Waals surface area (Å²) < 4.78 is 9.18. The third-order valence-corrected chi connectivity index (χ3v) is 1.22. The minimum absolute atomic E-state index is 0.187. The van der Waals surface area contributed by atoms with Crippen LogP contribution in [0.3, 0.4) is 0 Å². The summed E-state index contributed by atoms with van der Waals surface area (Å²) in [6.07, 6.45) is -0.448. The summed E-state index contributed by atoms with van der Waals surface area (Å²) in [6.45, 7) is 0.266. The number of methoxy groups -OCH3 is 1.